The van der Waals surface area contributed by atoms with E-state index in [0.29, 0.717) is 12.6 Å². The van der Waals surface area contributed by atoms with E-state index in [-0.39, 0.29) is 0 Å². The Morgan fingerprint density at radius 3 is 3.00 bits per heavy atom. The maximum Gasteiger partial charge on any atom is 0.156 e. The van der Waals surface area contributed by atoms with Gasteiger partial charge in [0.15, 0.2) is 5.17 Å². The van der Waals surface area contributed by atoms with Crippen LogP contribution in [0.25, 0.3) is 0 Å². The molecule has 2 rings (SSSR count). The maximum absolute atomic E-state index is 5.27. The molecule has 4 heteroatoms. The summed E-state index contributed by atoms with van der Waals surface area (Å²) in [6.07, 6.45) is 1.07. The number of rotatable bonds is 6. The minimum atomic E-state index is 0.503. The molecule has 18 heavy (non-hydrogen) atoms. The Labute approximate surface area is 113 Å². The summed E-state index contributed by atoms with van der Waals surface area (Å²) in [6, 6.07) is 11.1. The third-order valence-corrected chi connectivity index (χ3v) is 3.86. The van der Waals surface area contributed by atoms with Gasteiger partial charge in [0.25, 0.3) is 0 Å². The molecule has 1 saturated heterocycles. The highest BCUT2D eigenvalue weighted by molar-refractivity contribution is 8.14. The second kappa shape index (κ2) is 7.44. The molecule has 1 unspecified atom stereocenters. The average molecular weight is 264 g/mol. The van der Waals surface area contributed by atoms with Crippen molar-refractivity contribution in [2.75, 3.05) is 25.5 Å². The van der Waals surface area contributed by atoms with Crippen LogP contribution in [-0.2, 0) is 11.2 Å². The van der Waals surface area contributed by atoms with E-state index in [4.69, 9.17) is 4.74 Å². The summed E-state index contributed by atoms with van der Waals surface area (Å²) in [6.45, 7) is 4.24. The molecule has 0 amide bonds. The molecule has 0 radical (unpaired) electrons. The van der Waals surface area contributed by atoms with Gasteiger partial charge in [-0.05, 0) is 18.9 Å². The molecule has 1 atom stereocenters. The summed E-state index contributed by atoms with van der Waals surface area (Å²) in [7, 11) is 0. The lowest BCUT2D eigenvalue weighted by Gasteiger charge is -2.09. The number of hydrogen-bond donors (Lipinski definition) is 1. The first-order valence-corrected chi connectivity index (χ1v) is 7.42. The number of nitrogens with one attached hydrogen (secondary N) is 1. The Morgan fingerprint density at radius 1 is 1.39 bits per heavy atom. The van der Waals surface area contributed by atoms with Crippen LogP contribution in [0, 0.1) is 0 Å². The first kappa shape index (κ1) is 13.4. The van der Waals surface area contributed by atoms with E-state index in [1.807, 2.05) is 18.7 Å². The second-order valence-corrected chi connectivity index (χ2v) is 5.23. The van der Waals surface area contributed by atoms with Crippen LogP contribution in [0.1, 0.15) is 12.5 Å². The SMILES string of the molecule is CCOCCN=C1NC(Cc2ccccc2)CS1. The summed E-state index contributed by atoms with van der Waals surface area (Å²) < 4.78 is 5.27. The van der Waals surface area contributed by atoms with Crippen LogP contribution < -0.4 is 5.32 Å². The highest BCUT2D eigenvalue weighted by atomic mass is 32.2. The van der Waals surface area contributed by atoms with Gasteiger partial charge in [0.1, 0.15) is 0 Å². The van der Waals surface area contributed by atoms with E-state index in [2.05, 4.69) is 40.6 Å². The van der Waals surface area contributed by atoms with Crippen LogP contribution in [0.3, 0.4) is 0 Å². The van der Waals surface area contributed by atoms with Crippen LogP contribution in [0.5, 0.6) is 0 Å². The zero-order chi connectivity index (χ0) is 12.6. The minimum Gasteiger partial charge on any atom is -0.380 e. The minimum absolute atomic E-state index is 0.503. The molecule has 1 aromatic rings. The summed E-state index contributed by atoms with van der Waals surface area (Å²) >= 11 is 1.81. The van der Waals surface area contributed by atoms with Crippen LogP contribution in [-0.4, -0.2) is 36.7 Å². The van der Waals surface area contributed by atoms with Gasteiger partial charge in [-0.15, -0.1) is 0 Å². The normalized spacial score (nSPS) is 21.2. The van der Waals surface area contributed by atoms with Crippen molar-refractivity contribution in [2.24, 2.45) is 4.99 Å². The smallest absolute Gasteiger partial charge is 0.156 e. The van der Waals surface area contributed by atoms with Crippen molar-refractivity contribution in [1.29, 1.82) is 0 Å². The topological polar surface area (TPSA) is 33.6 Å². The number of nitrogens with zero attached hydrogens (tertiary/aromatic N) is 1. The van der Waals surface area contributed by atoms with Crippen molar-refractivity contribution in [3.63, 3.8) is 0 Å². The van der Waals surface area contributed by atoms with Crippen molar-refractivity contribution < 1.29 is 4.74 Å². The summed E-state index contributed by atoms with van der Waals surface area (Å²) in [5.74, 6) is 1.10. The molecule has 1 aliphatic heterocycles. The molecule has 0 saturated carbocycles. The van der Waals surface area contributed by atoms with Crippen molar-refractivity contribution >= 4 is 16.9 Å². The van der Waals surface area contributed by atoms with Crippen molar-refractivity contribution in [3.05, 3.63) is 35.9 Å². The fourth-order valence-corrected chi connectivity index (χ4v) is 2.89. The average Bonchev–Trinajstić information content (AvgIpc) is 2.84. The van der Waals surface area contributed by atoms with Crippen molar-refractivity contribution in [3.8, 4) is 0 Å². The monoisotopic (exact) mass is 264 g/mol. The first-order valence-electron chi connectivity index (χ1n) is 6.44. The van der Waals surface area contributed by atoms with Gasteiger partial charge in [-0.25, -0.2) is 0 Å². The Hall–Kier alpha value is -1.00. The van der Waals surface area contributed by atoms with Gasteiger partial charge in [0.2, 0.25) is 0 Å². The Kier molecular flexibility index (Phi) is 5.55. The van der Waals surface area contributed by atoms with Gasteiger partial charge in [0.05, 0.1) is 13.2 Å². The molecular weight excluding hydrogens is 244 g/mol. The molecule has 1 heterocycles. The summed E-state index contributed by atoms with van der Waals surface area (Å²) in [4.78, 5) is 4.50. The Morgan fingerprint density at radius 2 is 2.22 bits per heavy atom. The third-order valence-electron chi connectivity index (χ3n) is 2.77. The molecule has 0 spiro atoms. The molecule has 0 bridgehead atoms. The predicted molar refractivity (Wildman–Crippen MR) is 78.3 cm³/mol. The van der Waals surface area contributed by atoms with E-state index in [9.17, 15) is 0 Å². The highest BCUT2D eigenvalue weighted by Gasteiger charge is 2.19. The number of thioether (sulfide) groups is 1. The standard InChI is InChI=1S/C14H20N2OS/c1-2-17-9-8-15-14-16-13(11-18-14)10-12-6-4-3-5-7-12/h3-7,13H,2,8-11H2,1H3,(H,15,16). The van der Waals surface area contributed by atoms with Gasteiger partial charge >= 0.3 is 0 Å². The zero-order valence-corrected chi connectivity index (χ0v) is 11.6. The number of ether oxygens (including phenoxy) is 1. The molecule has 0 aliphatic carbocycles. The quantitative estimate of drug-likeness (QED) is 0.801. The molecule has 1 aliphatic rings. The zero-order valence-electron chi connectivity index (χ0n) is 10.8. The second-order valence-electron chi connectivity index (χ2n) is 4.23. The molecule has 0 aromatic heterocycles. The van der Waals surface area contributed by atoms with Crippen LogP contribution >= 0.6 is 11.8 Å². The Balaban J connectivity index is 1.75. The maximum atomic E-state index is 5.27. The van der Waals surface area contributed by atoms with Gasteiger partial charge in [-0.2, -0.15) is 0 Å². The molecule has 98 valence electrons. The molecule has 1 N–H and O–H groups in total. The van der Waals surface area contributed by atoms with E-state index in [1.165, 1.54) is 5.56 Å². The fraction of sp³-hybridized carbons (Fsp3) is 0.500. The van der Waals surface area contributed by atoms with Gasteiger partial charge in [-0.1, -0.05) is 42.1 Å². The van der Waals surface area contributed by atoms with Crippen LogP contribution in [0.2, 0.25) is 0 Å². The van der Waals surface area contributed by atoms with Crippen LogP contribution in [0.15, 0.2) is 35.3 Å². The van der Waals surface area contributed by atoms with E-state index < -0.39 is 0 Å². The molecule has 3 nitrogen and oxygen atoms in total. The largest absolute Gasteiger partial charge is 0.380 e. The highest BCUT2D eigenvalue weighted by Crippen LogP contribution is 2.17. The van der Waals surface area contributed by atoms with Crippen LogP contribution in [0.4, 0.5) is 0 Å². The lowest BCUT2D eigenvalue weighted by molar-refractivity contribution is 0.156. The van der Waals surface area contributed by atoms with E-state index in [1.54, 1.807) is 0 Å². The van der Waals surface area contributed by atoms with Gasteiger partial charge < -0.3 is 10.1 Å². The summed E-state index contributed by atoms with van der Waals surface area (Å²) in [5.41, 5.74) is 1.38. The van der Waals surface area contributed by atoms with Gasteiger partial charge in [-0.3, -0.25) is 4.99 Å². The third kappa shape index (κ3) is 4.35. The van der Waals surface area contributed by atoms with Crippen molar-refractivity contribution in [2.45, 2.75) is 19.4 Å². The Bertz CT molecular complexity index is 381. The molecular formula is C14H20N2OS. The number of amidine groups is 1. The van der Waals surface area contributed by atoms with Crippen molar-refractivity contribution in [1.82, 2.24) is 5.32 Å². The van der Waals surface area contributed by atoms with E-state index >= 15 is 0 Å². The molecule has 1 aromatic carbocycles. The molecule has 1 fully saturated rings. The number of hydrogen-bond acceptors (Lipinski definition) is 3. The van der Waals surface area contributed by atoms with E-state index in [0.717, 1.165) is 30.5 Å². The first-order chi connectivity index (χ1) is 8.88. The number of benzene rings is 1. The predicted octanol–water partition coefficient (Wildman–Crippen LogP) is 2.33. The lowest BCUT2D eigenvalue weighted by Crippen LogP contribution is -2.29. The summed E-state index contributed by atoms with van der Waals surface area (Å²) in [5, 5.41) is 4.54. The number of aliphatic imine (C=N–C) groups is 1. The fourth-order valence-electron chi connectivity index (χ4n) is 1.89. The lowest BCUT2D eigenvalue weighted by atomic mass is 10.1. The van der Waals surface area contributed by atoms with Gasteiger partial charge in [0, 0.05) is 18.4 Å².